The number of hydrogen-bond donors (Lipinski definition) is 0. The molecule has 0 unspecified atom stereocenters. The van der Waals surface area contributed by atoms with Gasteiger partial charge in [-0.2, -0.15) is 0 Å². The zero-order valence-corrected chi connectivity index (χ0v) is 17.5. The van der Waals surface area contributed by atoms with Crippen LogP contribution in [0.5, 0.6) is 0 Å². The van der Waals surface area contributed by atoms with Crippen LogP contribution in [-0.4, -0.2) is 52.4 Å². The van der Waals surface area contributed by atoms with Crippen molar-refractivity contribution in [2.75, 3.05) is 20.1 Å². The molecule has 154 valence electrons. The average Bonchev–Trinajstić information content (AvgIpc) is 2.71. The first-order chi connectivity index (χ1) is 13.8. The molecule has 2 amide bonds. The molecule has 2 fully saturated rings. The summed E-state index contributed by atoms with van der Waals surface area (Å²) in [6, 6.07) is 8.88. The minimum atomic E-state index is -0.457. The molecule has 6 nitrogen and oxygen atoms in total. The second kappa shape index (κ2) is 7.32. The molecule has 2 aliphatic heterocycles. The Labute approximate surface area is 171 Å². The SMILES string of the molecule is Cc1cc(=O)c2ccccc2n1CC(=O)N1CCC[C@@]2(CCCN(C)C2=O)[C@@H]1C. The lowest BCUT2D eigenvalue weighted by Gasteiger charge is -2.51. The summed E-state index contributed by atoms with van der Waals surface area (Å²) in [5.74, 6) is 0.188. The Bertz CT molecular complexity index is 1020. The lowest BCUT2D eigenvalue weighted by molar-refractivity contribution is -0.158. The van der Waals surface area contributed by atoms with Gasteiger partial charge in [0.2, 0.25) is 11.8 Å². The van der Waals surface area contributed by atoms with Gasteiger partial charge in [-0.1, -0.05) is 12.1 Å². The summed E-state index contributed by atoms with van der Waals surface area (Å²) < 4.78 is 1.92. The van der Waals surface area contributed by atoms with E-state index >= 15 is 0 Å². The van der Waals surface area contributed by atoms with Crippen LogP contribution in [0.2, 0.25) is 0 Å². The largest absolute Gasteiger partial charge is 0.345 e. The Balaban J connectivity index is 1.65. The molecule has 1 spiro atoms. The second-order valence-electron chi connectivity index (χ2n) is 8.61. The number of aryl methyl sites for hydroxylation is 1. The smallest absolute Gasteiger partial charge is 0.242 e. The summed E-state index contributed by atoms with van der Waals surface area (Å²) in [4.78, 5) is 42.5. The van der Waals surface area contributed by atoms with E-state index in [9.17, 15) is 14.4 Å². The van der Waals surface area contributed by atoms with E-state index in [2.05, 4.69) is 0 Å². The van der Waals surface area contributed by atoms with E-state index in [1.165, 1.54) is 0 Å². The van der Waals surface area contributed by atoms with E-state index in [0.717, 1.165) is 43.4 Å². The number of benzene rings is 1. The summed E-state index contributed by atoms with van der Waals surface area (Å²) in [6.07, 6.45) is 3.53. The maximum absolute atomic E-state index is 13.4. The highest BCUT2D eigenvalue weighted by Gasteiger charge is 2.51. The number of para-hydroxylation sites is 1. The fourth-order valence-electron chi connectivity index (χ4n) is 5.33. The van der Waals surface area contributed by atoms with Gasteiger partial charge in [0.25, 0.3) is 0 Å². The van der Waals surface area contributed by atoms with Crippen LogP contribution in [0.3, 0.4) is 0 Å². The van der Waals surface area contributed by atoms with E-state index in [4.69, 9.17) is 0 Å². The Morgan fingerprint density at radius 3 is 2.59 bits per heavy atom. The zero-order valence-electron chi connectivity index (χ0n) is 17.5. The van der Waals surface area contributed by atoms with Crippen molar-refractivity contribution in [3.63, 3.8) is 0 Å². The van der Waals surface area contributed by atoms with Crippen molar-refractivity contribution < 1.29 is 9.59 Å². The molecule has 4 rings (SSSR count). The third-order valence-corrected chi connectivity index (χ3v) is 7.02. The molecule has 0 aliphatic carbocycles. The topological polar surface area (TPSA) is 62.6 Å². The number of hydrogen-bond acceptors (Lipinski definition) is 3. The highest BCUT2D eigenvalue weighted by Crippen LogP contribution is 2.43. The van der Waals surface area contributed by atoms with Crippen molar-refractivity contribution in [3.05, 3.63) is 46.2 Å². The van der Waals surface area contributed by atoms with Crippen LogP contribution in [0, 0.1) is 12.3 Å². The Morgan fingerprint density at radius 2 is 1.83 bits per heavy atom. The third kappa shape index (κ3) is 3.15. The van der Waals surface area contributed by atoms with Crippen LogP contribution in [0.25, 0.3) is 10.9 Å². The van der Waals surface area contributed by atoms with Gasteiger partial charge in [0.15, 0.2) is 5.43 Å². The normalized spacial score (nSPS) is 25.1. The van der Waals surface area contributed by atoms with Crippen LogP contribution >= 0.6 is 0 Å². The van der Waals surface area contributed by atoms with Gasteiger partial charge in [-0.05, 0) is 51.7 Å². The van der Waals surface area contributed by atoms with Crippen LogP contribution in [0.15, 0.2) is 35.1 Å². The van der Waals surface area contributed by atoms with Gasteiger partial charge in [0.1, 0.15) is 6.54 Å². The number of rotatable bonds is 2. The fraction of sp³-hybridized carbons (Fsp3) is 0.522. The van der Waals surface area contributed by atoms with Gasteiger partial charge in [0, 0.05) is 43.3 Å². The maximum Gasteiger partial charge on any atom is 0.242 e. The first kappa shape index (κ1) is 19.7. The third-order valence-electron chi connectivity index (χ3n) is 7.02. The van der Waals surface area contributed by atoms with E-state index in [1.807, 2.05) is 53.5 Å². The molecule has 2 aromatic rings. The molecule has 0 bridgehead atoms. The van der Waals surface area contributed by atoms with Crippen molar-refractivity contribution in [3.8, 4) is 0 Å². The highest BCUT2D eigenvalue weighted by atomic mass is 16.2. The standard InChI is InChI=1S/C23H29N3O3/c1-16-14-20(27)18-8-4-5-9-19(18)26(16)15-21(28)25-13-7-11-23(17(25)2)10-6-12-24(3)22(23)29/h4-5,8-9,14,17H,6-7,10-13,15H2,1-3H3/t17-,23-/m0/s1. The zero-order chi connectivity index (χ0) is 20.8. The monoisotopic (exact) mass is 395 g/mol. The number of aromatic nitrogens is 1. The van der Waals surface area contributed by atoms with Gasteiger partial charge >= 0.3 is 0 Å². The van der Waals surface area contributed by atoms with Gasteiger partial charge < -0.3 is 14.4 Å². The summed E-state index contributed by atoms with van der Waals surface area (Å²) in [5.41, 5.74) is 1.07. The molecule has 1 aromatic heterocycles. The highest BCUT2D eigenvalue weighted by molar-refractivity contribution is 5.87. The van der Waals surface area contributed by atoms with E-state index in [0.29, 0.717) is 11.9 Å². The maximum atomic E-state index is 13.4. The lowest BCUT2D eigenvalue weighted by atomic mass is 9.68. The summed E-state index contributed by atoms with van der Waals surface area (Å²) in [5, 5.41) is 0.623. The van der Waals surface area contributed by atoms with E-state index in [-0.39, 0.29) is 29.8 Å². The minimum absolute atomic E-state index is 0.00880. The molecule has 1 aromatic carbocycles. The average molecular weight is 396 g/mol. The number of piperidine rings is 2. The molecular weight excluding hydrogens is 366 g/mol. The molecule has 3 heterocycles. The summed E-state index contributed by atoms with van der Waals surface area (Å²) in [6.45, 7) is 5.54. The van der Waals surface area contributed by atoms with Crippen molar-refractivity contribution in [1.29, 1.82) is 0 Å². The molecule has 0 N–H and O–H groups in total. The van der Waals surface area contributed by atoms with Crippen molar-refractivity contribution in [1.82, 2.24) is 14.4 Å². The Morgan fingerprint density at radius 1 is 1.14 bits per heavy atom. The summed E-state index contributed by atoms with van der Waals surface area (Å²) >= 11 is 0. The number of fused-ring (bicyclic) bond motifs is 1. The molecule has 29 heavy (non-hydrogen) atoms. The molecule has 2 aliphatic rings. The number of likely N-dealkylation sites (tertiary alicyclic amines) is 2. The van der Waals surface area contributed by atoms with Crippen LogP contribution < -0.4 is 5.43 Å². The lowest BCUT2D eigenvalue weighted by Crippen LogP contribution is -2.61. The van der Waals surface area contributed by atoms with E-state index < -0.39 is 5.41 Å². The molecule has 6 heteroatoms. The Hall–Kier alpha value is -2.63. The fourth-order valence-corrected chi connectivity index (χ4v) is 5.33. The van der Waals surface area contributed by atoms with Gasteiger partial charge in [-0.3, -0.25) is 14.4 Å². The van der Waals surface area contributed by atoms with Crippen LogP contribution in [-0.2, 0) is 16.1 Å². The minimum Gasteiger partial charge on any atom is -0.345 e. The number of carbonyl (C=O) groups is 2. The van der Waals surface area contributed by atoms with Gasteiger partial charge in [-0.15, -0.1) is 0 Å². The van der Waals surface area contributed by atoms with Crippen LogP contribution in [0.1, 0.15) is 38.3 Å². The predicted octanol–water partition coefficient (Wildman–Crippen LogP) is 2.56. The van der Waals surface area contributed by atoms with Crippen molar-refractivity contribution in [2.45, 2.75) is 52.1 Å². The van der Waals surface area contributed by atoms with E-state index in [1.54, 1.807) is 12.1 Å². The first-order valence-electron chi connectivity index (χ1n) is 10.5. The molecule has 2 atom stereocenters. The second-order valence-corrected chi connectivity index (χ2v) is 8.61. The van der Waals surface area contributed by atoms with Crippen LogP contribution in [0.4, 0.5) is 0 Å². The molecule has 2 saturated heterocycles. The number of amides is 2. The molecule has 0 saturated carbocycles. The molecule has 0 radical (unpaired) electrons. The van der Waals surface area contributed by atoms with Gasteiger partial charge in [-0.25, -0.2) is 0 Å². The summed E-state index contributed by atoms with van der Waals surface area (Å²) in [7, 11) is 1.87. The Kier molecular flexibility index (Phi) is 4.97. The number of pyridine rings is 1. The number of nitrogens with zero attached hydrogens (tertiary/aromatic N) is 3. The predicted molar refractivity (Wildman–Crippen MR) is 113 cm³/mol. The first-order valence-corrected chi connectivity index (χ1v) is 10.5. The van der Waals surface area contributed by atoms with Crippen molar-refractivity contribution in [2.24, 2.45) is 5.41 Å². The quantitative estimate of drug-likeness (QED) is 0.785. The number of carbonyl (C=O) groups excluding carboxylic acids is 2. The van der Waals surface area contributed by atoms with Gasteiger partial charge in [0.05, 0.1) is 10.9 Å². The molecular formula is C23H29N3O3. The van der Waals surface area contributed by atoms with Crippen molar-refractivity contribution >= 4 is 22.7 Å².